The summed E-state index contributed by atoms with van der Waals surface area (Å²) in [6, 6.07) is 6.58. The van der Waals surface area contributed by atoms with Crippen molar-refractivity contribution in [2.45, 2.75) is 46.1 Å². The molecule has 2 heterocycles. The molecular weight excluding hydrogens is 240 g/mol. The highest BCUT2D eigenvalue weighted by Gasteiger charge is 2.14. The molecule has 0 fully saturated rings. The molecule has 0 aliphatic heterocycles. The monoisotopic (exact) mass is 260 g/mol. The van der Waals surface area contributed by atoms with E-state index >= 15 is 0 Å². The second-order valence-electron chi connectivity index (χ2n) is 4.56. The number of hydrogen-bond acceptors (Lipinski definition) is 5. The van der Waals surface area contributed by atoms with Crippen molar-refractivity contribution >= 4 is 6.01 Å². The Morgan fingerprint density at radius 3 is 2.79 bits per heavy atom. The summed E-state index contributed by atoms with van der Waals surface area (Å²) in [6.07, 6.45) is 2.72. The van der Waals surface area contributed by atoms with Gasteiger partial charge in [-0.2, -0.15) is 0 Å². The molecule has 19 heavy (non-hydrogen) atoms. The van der Waals surface area contributed by atoms with Crippen LogP contribution in [-0.4, -0.2) is 15.2 Å². The summed E-state index contributed by atoms with van der Waals surface area (Å²) in [7, 11) is 0. The Bertz CT molecular complexity index is 524. The van der Waals surface area contributed by atoms with Gasteiger partial charge in [0.1, 0.15) is 0 Å². The first kappa shape index (κ1) is 13.5. The third-order valence-electron chi connectivity index (χ3n) is 2.90. The number of aromatic nitrogens is 3. The van der Waals surface area contributed by atoms with E-state index in [2.05, 4.69) is 34.3 Å². The molecule has 0 aliphatic carbocycles. The van der Waals surface area contributed by atoms with Crippen molar-refractivity contribution in [3.8, 4) is 0 Å². The Balaban J connectivity index is 2.09. The third kappa shape index (κ3) is 3.53. The molecular formula is C14H20N4O. The molecule has 2 aromatic heterocycles. The summed E-state index contributed by atoms with van der Waals surface area (Å²) in [6.45, 7) is 6.18. The Kier molecular flexibility index (Phi) is 4.49. The van der Waals surface area contributed by atoms with Crippen molar-refractivity contribution in [2.24, 2.45) is 0 Å². The molecule has 0 aliphatic rings. The van der Waals surface area contributed by atoms with Crippen LogP contribution in [0.15, 0.2) is 22.6 Å². The van der Waals surface area contributed by atoms with Gasteiger partial charge in [-0.05, 0) is 31.9 Å². The van der Waals surface area contributed by atoms with Crippen LogP contribution in [0.2, 0.25) is 0 Å². The van der Waals surface area contributed by atoms with E-state index in [0.717, 1.165) is 30.7 Å². The van der Waals surface area contributed by atoms with E-state index in [4.69, 9.17) is 4.42 Å². The minimum atomic E-state index is 0.0924. The quantitative estimate of drug-likeness (QED) is 0.863. The fourth-order valence-electron chi connectivity index (χ4n) is 1.92. The Morgan fingerprint density at radius 2 is 2.11 bits per heavy atom. The van der Waals surface area contributed by atoms with E-state index in [0.29, 0.717) is 11.9 Å². The maximum absolute atomic E-state index is 5.55. The summed E-state index contributed by atoms with van der Waals surface area (Å²) in [5, 5.41) is 11.3. The van der Waals surface area contributed by atoms with Crippen molar-refractivity contribution in [1.82, 2.24) is 15.2 Å². The van der Waals surface area contributed by atoms with Crippen LogP contribution >= 0.6 is 0 Å². The fourth-order valence-corrected chi connectivity index (χ4v) is 1.92. The SMILES string of the molecule is CCCc1nnc(N[C@@H](CC)c2cccc(C)n2)o1. The van der Waals surface area contributed by atoms with E-state index in [1.54, 1.807) is 0 Å². The molecule has 0 amide bonds. The molecule has 1 atom stereocenters. The van der Waals surface area contributed by atoms with Crippen LogP contribution in [0.4, 0.5) is 6.01 Å². The van der Waals surface area contributed by atoms with E-state index in [-0.39, 0.29) is 6.04 Å². The van der Waals surface area contributed by atoms with E-state index < -0.39 is 0 Å². The number of hydrogen-bond donors (Lipinski definition) is 1. The first-order valence-electron chi connectivity index (χ1n) is 6.75. The molecule has 2 aromatic rings. The van der Waals surface area contributed by atoms with Crippen molar-refractivity contribution in [2.75, 3.05) is 5.32 Å². The van der Waals surface area contributed by atoms with Gasteiger partial charge in [0, 0.05) is 12.1 Å². The Labute approximate surface area is 113 Å². The molecule has 102 valence electrons. The number of nitrogens with one attached hydrogen (secondary N) is 1. The standard InChI is InChI=1S/C14H20N4O/c1-4-7-13-17-18-14(19-13)16-11(5-2)12-9-6-8-10(3)15-12/h6,8-9,11H,4-5,7H2,1-3H3,(H,16,18)/t11-/m0/s1. The normalized spacial score (nSPS) is 12.4. The molecule has 0 spiro atoms. The third-order valence-corrected chi connectivity index (χ3v) is 2.90. The predicted octanol–water partition coefficient (Wildman–Crippen LogP) is 3.29. The molecule has 0 saturated heterocycles. The average molecular weight is 260 g/mol. The van der Waals surface area contributed by atoms with Crippen LogP contribution in [0.1, 0.15) is 50.0 Å². The van der Waals surface area contributed by atoms with Gasteiger partial charge in [-0.1, -0.05) is 25.0 Å². The van der Waals surface area contributed by atoms with Gasteiger partial charge in [-0.25, -0.2) is 0 Å². The highest BCUT2D eigenvalue weighted by atomic mass is 16.4. The van der Waals surface area contributed by atoms with Gasteiger partial charge >= 0.3 is 6.01 Å². The lowest BCUT2D eigenvalue weighted by Crippen LogP contribution is -2.12. The molecule has 0 radical (unpaired) electrons. The molecule has 5 nitrogen and oxygen atoms in total. The number of nitrogens with zero attached hydrogens (tertiary/aromatic N) is 3. The molecule has 0 saturated carbocycles. The molecule has 0 aromatic carbocycles. The highest BCUT2D eigenvalue weighted by molar-refractivity contribution is 5.25. The topological polar surface area (TPSA) is 63.8 Å². The summed E-state index contributed by atoms with van der Waals surface area (Å²) in [4.78, 5) is 4.53. The molecule has 2 rings (SSSR count). The summed E-state index contributed by atoms with van der Waals surface area (Å²) >= 11 is 0. The minimum Gasteiger partial charge on any atom is -0.408 e. The van der Waals surface area contributed by atoms with Crippen molar-refractivity contribution < 1.29 is 4.42 Å². The number of anilines is 1. The predicted molar refractivity (Wildman–Crippen MR) is 73.9 cm³/mol. The van der Waals surface area contributed by atoms with Crippen LogP contribution < -0.4 is 5.32 Å². The molecule has 1 N–H and O–H groups in total. The van der Waals surface area contributed by atoms with Crippen LogP contribution in [0, 0.1) is 6.92 Å². The van der Waals surface area contributed by atoms with Gasteiger partial charge < -0.3 is 9.73 Å². The van der Waals surface area contributed by atoms with E-state index in [9.17, 15) is 0 Å². The van der Waals surface area contributed by atoms with Gasteiger partial charge in [-0.3, -0.25) is 4.98 Å². The van der Waals surface area contributed by atoms with Crippen LogP contribution in [0.5, 0.6) is 0 Å². The maximum Gasteiger partial charge on any atom is 0.316 e. The second-order valence-corrected chi connectivity index (χ2v) is 4.56. The molecule has 0 unspecified atom stereocenters. The fraction of sp³-hybridized carbons (Fsp3) is 0.500. The minimum absolute atomic E-state index is 0.0924. The first-order valence-corrected chi connectivity index (χ1v) is 6.75. The largest absolute Gasteiger partial charge is 0.408 e. The van der Waals surface area contributed by atoms with Gasteiger partial charge in [-0.15, -0.1) is 5.10 Å². The Morgan fingerprint density at radius 1 is 1.26 bits per heavy atom. The summed E-state index contributed by atoms with van der Waals surface area (Å²) in [5.41, 5.74) is 2.01. The van der Waals surface area contributed by atoms with E-state index in [1.807, 2.05) is 25.1 Å². The van der Waals surface area contributed by atoms with Crippen LogP contribution in [0.25, 0.3) is 0 Å². The van der Waals surface area contributed by atoms with Crippen molar-refractivity contribution in [3.63, 3.8) is 0 Å². The van der Waals surface area contributed by atoms with Crippen LogP contribution in [0.3, 0.4) is 0 Å². The maximum atomic E-state index is 5.55. The zero-order valence-corrected chi connectivity index (χ0v) is 11.7. The lowest BCUT2D eigenvalue weighted by atomic mass is 10.1. The summed E-state index contributed by atoms with van der Waals surface area (Å²) in [5.74, 6) is 0.678. The van der Waals surface area contributed by atoms with Gasteiger partial charge in [0.2, 0.25) is 5.89 Å². The molecule has 0 bridgehead atoms. The lowest BCUT2D eigenvalue weighted by molar-refractivity contribution is 0.493. The molecule has 5 heteroatoms. The zero-order chi connectivity index (χ0) is 13.7. The Hall–Kier alpha value is -1.91. The van der Waals surface area contributed by atoms with E-state index in [1.165, 1.54) is 0 Å². The van der Waals surface area contributed by atoms with Gasteiger partial charge in [0.15, 0.2) is 0 Å². The van der Waals surface area contributed by atoms with Crippen molar-refractivity contribution in [3.05, 3.63) is 35.5 Å². The van der Waals surface area contributed by atoms with Gasteiger partial charge in [0.05, 0.1) is 11.7 Å². The first-order chi connectivity index (χ1) is 9.22. The van der Waals surface area contributed by atoms with Crippen LogP contribution in [-0.2, 0) is 6.42 Å². The number of pyridine rings is 1. The van der Waals surface area contributed by atoms with Gasteiger partial charge in [0.25, 0.3) is 0 Å². The average Bonchev–Trinajstić information content (AvgIpc) is 2.84. The van der Waals surface area contributed by atoms with Crippen molar-refractivity contribution in [1.29, 1.82) is 0 Å². The zero-order valence-electron chi connectivity index (χ0n) is 11.7. The highest BCUT2D eigenvalue weighted by Crippen LogP contribution is 2.20. The number of aryl methyl sites for hydroxylation is 2. The smallest absolute Gasteiger partial charge is 0.316 e. The number of rotatable bonds is 6. The lowest BCUT2D eigenvalue weighted by Gasteiger charge is -2.14. The summed E-state index contributed by atoms with van der Waals surface area (Å²) < 4.78 is 5.55. The second kappa shape index (κ2) is 6.31.